The van der Waals surface area contributed by atoms with Crippen molar-refractivity contribution in [3.05, 3.63) is 0 Å². The Morgan fingerprint density at radius 2 is 2.20 bits per heavy atom. The number of halogens is 1. The van der Waals surface area contributed by atoms with Gasteiger partial charge in [-0.05, 0) is 25.7 Å². The summed E-state index contributed by atoms with van der Waals surface area (Å²) in [5.41, 5.74) is 11.2. The molecule has 0 saturated carbocycles. The monoisotopic (exact) mass is 235 g/mol. The van der Waals surface area contributed by atoms with Gasteiger partial charge in [0.25, 0.3) is 0 Å². The van der Waals surface area contributed by atoms with Crippen LogP contribution in [0.5, 0.6) is 0 Å². The van der Waals surface area contributed by atoms with Crippen LogP contribution in [-0.2, 0) is 4.79 Å². The molecule has 15 heavy (non-hydrogen) atoms. The maximum absolute atomic E-state index is 11.7. The fourth-order valence-electron chi connectivity index (χ4n) is 2.03. The topological polar surface area (TPSA) is 72.3 Å². The zero-order valence-electron chi connectivity index (χ0n) is 9.48. The van der Waals surface area contributed by atoms with E-state index in [0.29, 0.717) is 12.5 Å². The fourth-order valence-corrected chi connectivity index (χ4v) is 2.03. The van der Waals surface area contributed by atoms with Gasteiger partial charge >= 0.3 is 0 Å². The predicted octanol–water partition coefficient (Wildman–Crippen LogP) is 0.341. The summed E-state index contributed by atoms with van der Waals surface area (Å²) in [7, 11) is 0. The van der Waals surface area contributed by atoms with Crippen LogP contribution in [0.2, 0.25) is 0 Å². The largest absolute Gasteiger partial charge is 0.337 e. The lowest BCUT2D eigenvalue weighted by molar-refractivity contribution is -0.136. The van der Waals surface area contributed by atoms with Crippen molar-refractivity contribution in [3.8, 4) is 0 Å². The van der Waals surface area contributed by atoms with Crippen LogP contribution in [0.4, 0.5) is 0 Å². The lowest BCUT2D eigenvalue weighted by Crippen LogP contribution is -2.53. The number of nitrogens with zero attached hydrogens (tertiary/aromatic N) is 1. The maximum Gasteiger partial charge on any atom is 0.239 e. The summed E-state index contributed by atoms with van der Waals surface area (Å²) < 4.78 is 0. The summed E-state index contributed by atoms with van der Waals surface area (Å²) in [4.78, 5) is 13.6. The number of piperidine rings is 1. The van der Waals surface area contributed by atoms with Crippen LogP contribution in [0.25, 0.3) is 0 Å². The van der Waals surface area contributed by atoms with E-state index in [1.165, 1.54) is 0 Å². The molecule has 0 bridgehead atoms. The summed E-state index contributed by atoms with van der Waals surface area (Å²) in [6.45, 7) is 5.29. The van der Waals surface area contributed by atoms with Crippen molar-refractivity contribution in [2.45, 2.75) is 38.8 Å². The molecule has 0 spiro atoms. The number of amides is 1. The Kier molecular flexibility index (Phi) is 6.17. The van der Waals surface area contributed by atoms with Crippen LogP contribution < -0.4 is 11.5 Å². The number of nitrogens with two attached hydrogens (primary N) is 2. The quantitative estimate of drug-likeness (QED) is 0.725. The van der Waals surface area contributed by atoms with Crippen molar-refractivity contribution < 1.29 is 4.79 Å². The summed E-state index contributed by atoms with van der Waals surface area (Å²) in [6, 6.07) is -0.213. The number of carbonyl (C=O) groups excluding carboxylic acids is 1. The average molecular weight is 236 g/mol. The zero-order chi connectivity index (χ0) is 10.7. The third kappa shape index (κ3) is 3.63. The van der Waals surface area contributed by atoms with Crippen LogP contribution in [0.1, 0.15) is 26.7 Å². The van der Waals surface area contributed by atoms with Gasteiger partial charge in [-0.15, -0.1) is 12.4 Å². The molecule has 3 atom stereocenters. The highest BCUT2D eigenvalue weighted by Crippen LogP contribution is 2.22. The van der Waals surface area contributed by atoms with E-state index in [2.05, 4.69) is 6.92 Å². The molecule has 1 amide bonds. The molecule has 90 valence electrons. The Bertz CT molecular complexity index is 211. The third-order valence-electron chi connectivity index (χ3n) is 2.92. The van der Waals surface area contributed by atoms with Gasteiger partial charge in [-0.1, -0.05) is 6.92 Å². The summed E-state index contributed by atoms with van der Waals surface area (Å²) in [5, 5.41) is 0. The van der Waals surface area contributed by atoms with Crippen LogP contribution in [-0.4, -0.2) is 36.0 Å². The highest BCUT2D eigenvalue weighted by Gasteiger charge is 2.29. The number of likely N-dealkylation sites (tertiary alicyclic amines) is 1. The SMILES string of the molecule is CC1CCN(C(=O)C(C)N)C(CN)C1.Cl. The minimum absolute atomic E-state index is 0. The Balaban J connectivity index is 0.00000196. The number of hydrogen-bond donors (Lipinski definition) is 2. The van der Waals surface area contributed by atoms with Crippen molar-refractivity contribution in [1.29, 1.82) is 0 Å². The first-order valence-electron chi connectivity index (χ1n) is 5.32. The van der Waals surface area contributed by atoms with Gasteiger partial charge < -0.3 is 16.4 Å². The van der Waals surface area contributed by atoms with Crippen molar-refractivity contribution >= 4 is 18.3 Å². The molecule has 1 aliphatic rings. The zero-order valence-corrected chi connectivity index (χ0v) is 10.3. The molecule has 1 fully saturated rings. The van der Waals surface area contributed by atoms with Gasteiger partial charge in [0.15, 0.2) is 0 Å². The normalized spacial score (nSPS) is 28.1. The predicted molar refractivity (Wildman–Crippen MR) is 63.9 cm³/mol. The second-order valence-electron chi connectivity index (χ2n) is 4.34. The van der Waals surface area contributed by atoms with Crippen molar-refractivity contribution in [3.63, 3.8) is 0 Å². The lowest BCUT2D eigenvalue weighted by atomic mass is 9.92. The van der Waals surface area contributed by atoms with Gasteiger partial charge in [0, 0.05) is 19.1 Å². The fraction of sp³-hybridized carbons (Fsp3) is 0.900. The molecular weight excluding hydrogens is 214 g/mol. The van der Waals surface area contributed by atoms with E-state index < -0.39 is 6.04 Å². The third-order valence-corrected chi connectivity index (χ3v) is 2.92. The van der Waals surface area contributed by atoms with Gasteiger partial charge in [0.1, 0.15) is 0 Å². The molecular formula is C10H22ClN3O. The van der Waals surface area contributed by atoms with E-state index >= 15 is 0 Å². The molecule has 0 aromatic heterocycles. The molecule has 0 aromatic rings. The molecule has 1 heterocycles. The number of carbonyl (C=O) groups is 1. The van der Waals surface area contributed by atoms with Crippen molar-refractivity contribution in [2.24, 2.45) is 17.4 Å². The van der Waals surface area contributed by atoms with E-state index in [0.717, 1.165) is 19.4 Å². The van der Waals surface area contributed by atoms with Crippen molar-refractivity contribution in [2.75, 3.05) is 13.1 Å². The van der Waals surface area contributed by atoms with Gasteiger partial charge in [-0.3, -0.25) is 4.79 Å². The highest BCUT2D eigenvalue weighted by atomic mass is 35.5. The second-order valence-corrected chi connectivity index (χ2v) is 4.34. The molecule has 1 aliphatic heterocycles. The molecule has 5 heteroatoms. The lowest BCUT2D eigenvalue weighted by Gasteiger charge is -2.38. The minimum Gasteiger partial charge on any atom is -0.337 e. The molecule has 1 rings (SSSR count). The van der Waals surface area contributed by atoms with Crippen LogP contribution in [0, 0.1) is 5.92 Å². The molecule has 4 nitrogen and oxygen atoms in total. The number of rotatable bonds is 2. The first kappa shape index (κ1) is 14.7. The summed E-state index contributed by atoms with van der Waals surface area (Å²) in [6.07, 6.45) is 2.07. The maximum atomic E-state index is 11.7. The van der Waals surface area contributed by atoms with Crippen molar-refractivity contribution in [1.82, 2.24) is 4.90 Å². The minimum atomic E-state index is -0.405. The standard InChI is InChI=1S/C10H21N3O.ClH/c1-7-3-4-13(9(5-7)6-11)10(14)8(2)12;/h7-9H,3-6,11-12H2,1-2H3;1H. The van der Waals surface area contributed by atoms with E-state index in [4.69, 9.17) is 11.5 Å². The first-order chi connectivity index (χ1) is 6.56. The van der Waals surface area contributed by atoms with Gasteiger partial charge in [0.2, 0.25) is 5.91 Å². The molecule has 1 saturated heterocycles. The number of hydrogen-bond acceptors (Lipinski definition) is 3. The average Bonchev–Trinajstić information content (AvgIpc) is 2.16. The summed E-state index contributed by atoms with van der Waals surface area (Å²) >= 11 is 0. The molecule has 0 aromatic carbocycles. The summed E-state index contributed by atoms with van der Waals surface area (Å²) in [5.74, 6) is 0.702. The van der Waals surface area contributed by atoms with E-state index in [1.54, 1.807) is 6.92 Å². The van der Waals surface area contributed by atoms with Gasteiger partial charge in [-0.2, -0.15) is 0 Å². The van der Waals surface area contributed by atoms with Gasteiger partial charge in [-0.25, -0.2) is 0 Å². The molecule has 0 aliphatic carbocycles. The van der Waals surface area contributed by atoms with Gasteiger partial charge in [0.05, 0.1) is 6.04 Å². The highest BCUT2D eigenvalue weighted by molar-refractivity contribution is 5.85. The second kappa shape index (κ2) is 6.30. The smallest absolute Gasteiger partial charge is 0.239 e. The Morgan fingerprint density at radius 3 is 2.67 bits per heavy atom. The van der Waals surface area contributed by atoms with E-state index in [9.17, 15) is 4.79 Å². The van der Waals surface area contributed by atoms with Crippen LogP contribution >= 0.6 is 12.4 Å². The Morgan fingerprint density at radius 1 is 1.60 bits per heavy atom. The Labute approximate surface area is 97.8 Å². The molecule has 0 radical (unpaired) electrons. The Hall–Kier alpha value is -0.320. The first-order valence-corrected chi connectivity index (χ1v) is 5.32. The van der Waals surface area contributed by atoms with Crippen LogP contribution in [0.3, 0.4) is 0 Å². The van der Waals surface area contributed by atoms with E-state index in [-0.39, 0.29) is 24.4 Å². The van der Waals surface area contributed by atoms with E-state index in [1.807, 2.05) is 4.90 Å². The van der Waals surface area contributed by atoms with Crippen LogP contribution in [0.15, 0.2) is 0 Å². The molecule has 3 unspecified atom stereocenters. The molecule has 4 N–H and O–H groups in total.